The molecule has 1 fully saturated rings. The van der Waals surface area contributed by atoms with E-state index in [0.717, 1.165) is 17.1 Å². The topological polar surface area (TPSA) is 24.9 Å². The summed E-state index contributed by atoms with van der Waals surface area (Å²) in [6.45, 7) is 6.89. The number of hydrogen-bond acceptors (Lipinski definition) is 3. The molecule has 6 heteroatoms. The van der Waals surface area contributed by atoms with Crippen LogP contribution >= 0.6 is 11.3 Å². The molecule has 0 bridgehead atoms. The second-order valence-corrected chi connectivity index (χ2v) is 7.74. The summed E-state index contributed by atoms with van der Waals surface area (Å²) in [4.78, 5) is 4.57. The van der Waals surface area contributed by atoms with Gasteiger partial charge in [-0.15, -0.1) is 11.3 Å². The second kappa shape index (κ2) is 6.24. The summed E-state index contributed by atoms with van der Waals surface area (Å²) >= 11 is 1.62. The Hall–Kier alpha value is -0.620. The number of nitrogens with one attached hydrogen (secondary N) is 1. The van der Waals surface area contributed by atoms with Crippen molar-refractivity contribution in [1.82, 2.24) is 10.3 Å². The first-order valence-corrected chi connectivity index (χ1v) is 8.29. The maximum absolute atomic E-state index is 12.8. The lowest BCUT2D eigenvalue weighted by Crippen LogP contribution is -2.38. The van der Waals surface area contributed by atoms with Crippen molar-refractivity contribution in [3.8, 4) is 0 Å². The molecule has 2 atom stereocenters. The van der Waals surface area contributed by atoms with E-state index >= 15 is 0 Å². The van der Waals surface area contributed by atoms with Crippen molar-refractivity contribution in [2.24, 2.45) is 5.92 Å². The van der Waals surface area contributed by atoms with E-state index < -0.39 is 12.1 Å². The minimum absolute atomic E-state index is 0.0230. The average Bonchev–Trinajstić information content (AvgIpc) is 2.84. The van der Waals surface area contributed by atoms with Crippen molar-refractivity contribution >= 4 is 11.3 Å². The van der Waals surface area contributed by atoms with Crippen LogP contribution in [0.1, 0.15) is 57.2 Å². The molecule has 1 heterocycles. The fourth-order valence-corrected chi connectivity index (χ4v) is 3.56. The van der Waals surface area contributed by atoms with Crippen LogP contribution in [0.15, 0.2) is 5.38 Å². The Kier molecular flexibility index (Phi) is 4.98. The molecule has 1 aromatic heterocycles. The molecule has 120 valence electrons. The molecular weight excluding hydrogens is 297 g/mol. The van der Waals surface area contributed by atoms with E-state index in [-0.39, 0.29) is 24.3 Å². The van der Waals surface area contributed by atoms with Gasteiger partial charge in [0.15, 0.2) is 0 Å². The Labute approximate surface area is 128 Å². The summed E-state index contributed by atoms with van der Waals surface area (Å²) < 4.78 is 38.3. The van der Waals surface area contributed by atoms with Crippen LogP contribution in [0.4, 0.5) is 13.2 Å². The molecule has 1 aromatic rings. The fourth-order valence-electron chi connectivity index (χ4n) is 2.65. The van der Waals surface area contributed by atoms with E-state index in [0.29, 0.717) is 13.0 Å². The van der Waals surface area contributed by atoms with E-state index in [1.807, 2.05) is 5.38 Å². The molecule has 0 radical (unpaired) electrons. The van der Waals surface area contributed by atoms with Crippen LogP contribution in [-0.2, 0) is 12.0 Å². The molecule has 0 aliphatic heterocycles. The Morgan fingerprint density at radius 1 is 1.29 bits per heavy atom. The molecule has 0 spiro atoms. The molecule has 1 aliphatic rings. The number of aromatic nitrogens is 1. The summed E-state index contributed by atoms with van der Waals surface area (Å²) in [5, 5.41) is 6.31. The van der Waals surface area contributed by atoms with Crippen molar-refractivity contribution in [2.45, 2.75) is 70.6 Å². The number of halogens is 3. The van der Waals surface area contributed by atoms with Gasteiger partial charge < -0.3 is 5.32 Å². The quantitative estimate of drug-likeness (QED) is 0.877. The highest BCUT2D eigenvalue weighted by Crippen LogP contribution is 2.37. The molecule has 2 unspecified atom stereocenters. The minimum Gasteiger partial charge on any atom is -0.308 e. The largest absolute Gasteiger partial charge is 0.391 e. The highest BCUT2D eigenvalue weighted by molar-refractivity contribution is 7.09. The Morgan fingerprint density at radius 2 is 2.00 bits per heavy atom. The van der Waals surface area contributed by atoms with Crippen LogP contribution in [0, 0.1) is 5.92 Å². The summed E-state index contributed by atoms with van der Waals surface area (Å²) in [7, 11) is 0. The molecule has 0 aromatic carbocycles. The number of thiazole rings is 1. The predicted molar refractivity (Wildman–Crippen MR) is 79.5 cm³/mol. The molecule has 1 aliphatic carbocycles. The van der Waals surface area contributed by atoms with Gasteiger partial charge in [0, 0.05) is 23.4 Å². The molecule has 1 saturated carbocycles. The standard InChI is InChI=1S/C15H23F3N2S/c1-14(2,3)13-20-12(9-21-13)8-19-11-6-4-5-10(7-11)15(16,17)18/h9-11,19H,4-8H2,1-3H3. The van der Waals surface area contributed by atoms with Gasteiger partial charge >= 0.3 is 6.18 Å². The molecule has 2 nitrogen and oxygen atoms in total. The first-order chi connectivity index (χ1) is 9.66. The SMILES string of the molecule is CC(C)(C)c1nc(CNC2CCCC(C(F)(F)F)C2)cs1. The maximum atomic E-state index is 12.8. The fraction of sp³-hybridized carbons (Fsp3) is 0.800. The third-order valence-electron chi connectivity index (χ3n) is 3.90. The first kappa shape index (κ1) is 16.7. The van der Waals surface area contributed by atoms with E-state index in [9.17, 15) is 13.2 Å². The zero-order chi connectivity index (χ0) is 15.7. The number of alkyl halides is 3. The van der Waals surface area contributed by atoms with Gasteiger partial charge in [0.1, 0.15) is 0 Å². The van der Waals surface area contributed by atoms with Gasteiger partial charge in [-0.3, -0.25) is 0 Å². The highest BCUT2D eigenvalue weighted by Gasteiger charge is 2.42. The van der Waals surface area contributed by atoms with Gasteiger partial charge in [-0.1, -0.05) is 27.2 Å². The first-order valence-electron chi connectivity index (χ1n) is 7.41. The van der Waals surface area contributed by atoms with Gasteiger partial charge in [0.25, 0.3) is 0 Å². The van der Waals surface area contributed by atoms with Gasteiger partial charge in [0.2, 0.25) is 0 Å². The van der Waals surface area contributed by atoms with Crippen molar-refractivity contribution < 1.29 is 13.2 Å². The molecular formula is C15H23F3N2S. The summed E-state index contributed by atoms with van der Waals surface area (Å²) in [6, 6.07) is -0.0508. The van der Waals surface area contributed by atoms with Gasteiger partial charge in [-0.2, -0.15) is 13.2 Å². The third-order valence-corrected chi connectivity index (χ3v) is 5.22. The van der Waals surface area contributed by atoms with Crippen LogP contribution in [0.25, 0.3) is 0 Å². The summed E-state index contributed by atoms with van der Waals surface area (Å²) in [5.74, 6) is -1.15. The van der Waals surface area contributed by atoms with E-state index in [1.165, 1.54) is 0 Å². The van der Waals surface area contributed by atoms with E-state index in [2.05, 4.69) is 31.1 Å². The lowest BCUT2D eigenvalue weighted by molar-refractivity contribution is -0.183. The Bertz CT molecular complexity index is 462. The highest BCUT2D eigenvalue weighted by atomic mass is 32.1. The van der Waals surface area contributed by atoms with Crippen molar-refractivity contribution in [2.75, 3.05) is 0 Å². The summed E-state index contributed by atoms with van der Waals surface area (Å²) in [5.41, 5.74) is 0.953. The Balaban J connectivity index is 1.87. The maximum Gasteiger partial charge on any atom is 0.391 e. The second-order valence-electron chi connectivity index (χ2n) is 6.88. The molecule has 0 amide bonds. The predicted octanol–water partition coefficient (Wildman–Crippen LogP) is 4.65. The summed E-state index contributed by atoms with van der Waals surface area (Å²) in [6.07, 6.45) is -2.12. The van der Waals surface area contributed by atoms with Gasteiger partial charge in [-0.05, 0) is 19.3 Å². The lowest BCUT2D eigenvalue weighted by Gasteiger charge is -2.31. The van der Waals surface area contributed by atoms with Crippen LogP contribution in [0.3, 0.4) is 0 Å². The zero-order valence-corrected chi connectivity index (χ0v) is 13.6. The van der Waals surface area contributed by atoms with Crippen LogP contribution < -0.4 is 5.32 Å². The van der Waals surface area contributed by atoms with Gasteiger partial charge in [0.05, 0.1) is 16.6 Å². The number of rotatable bonds is 3. The van der Waals surface area contributed by atoms with Crippen molar-refractivity contribution in [3.63, 3.8) is 0 Å². The van der Waals surface area contributed by atoms with Crippen LogP contribution in [0.5, 0.6) is 0 Å². The van der Waals surface area contributed by atoms with Gasteiger partial charge in [-0.25, -0.2) is 4.98 Å². The zero-order valence-electron chi connectivity index (χ0n) is 12.8. The number of nitrogens with zero attached hydrogens (tertiary/aromatic N) is 1. The van der Waals surface area contributed by atoms with E-state index in [4.69, 9.17) is 0 Å². The average molecular weight is 320 g/mol. The minimum atomic E-state index is -4.06. The van der Waals surface area contributed by atoms with Crippen molar-refractivity contribution in [1.29, 1.82) is 0 Å². The monoisotopic (exact) mass is 320 g/mol. The molecule has 21 heavy (non-hydrogen) atoms. The molecule has 0 saturated heterocycles. The lowest BCUT2D eigenvalue weighted by atomic mass is 9.85. The van der Waals surface area contributed by atoms with Crippen LogP contribution in [-0.4, -0.2) is 17.2 Å². The molecule has 1 N–H and O–H groups in total. The Morgan fingerprint density at radius 3 is 2.57 bits per heavy atom. The third kappa shape index (κ3) is 4.68. The normalized spacial score (nSPS) is 24.3. The van der Waals surface area contributed by atoms with E-state index in [1.54, 1.807) is 11.3 Å². The van der Waals surface area contributed by atoms with Crippen molar-refractivity contribution in [3.05, 3.63) is 16.1 Å². The number of hydrogen-bond donors (Lipinski definition) is 1. The van der Waals surface area contributed by atoms with Crippen LogP contribution in [0.2, 0.25) is 0 Å². The molecule has 2 rings (SSSR count). The smallest absolute Gasteiger partial charge is 0.308 e.